The molecule has 0 radical (unpaired) electrons. The van der Waals surface area contributed by atoms with Gasteiger partial charge < -0.3 is 19.9 Å². The monoisotopic (exact) mass is 333 g/mol. The van der Waals surface area contributed by atoms with Crippen LogP contribution in [0, 0.1) is 0 Å². The molecular formula is C18H27N3O3. The molecule has 0 spiro atoms. The van der Waals surface area contributed by atoms with Crippen LogP contribution < -0.4 is 10.1 Å². The van der Waals surface area contributed by atoms with Crippen molar-refractivity contribution < 1.29 is 14.3 Å². The Morgan fingerprint density at radius 2 is 2.12 bits per heavy atom. The van der Waals surface area contributed by atoms with Gasteiger partial charge in [-0.15, -0.1) is 0 Å². The lowest BCUT2D eigenvalue weighted by molar-refractivity contribution is -0.139. The van der Waals surface area contributed by atoms with Crippen LogP contribution in [0.5, 0.6) is 5.75 Å². The summed E-state index contributed by atoms with van der Waals surface area (Å²) in [6.45, 7) is 5.87. The van der Waals surface area contributed by atoms with Crippen molar-refractivity contribution in [1.29, 1.82) is 0 Å². The van der Waals surface area contributed by atoms with Gasteiger partial charge in [-0.1, -0.05) is 12.1 Å². The number of nitrogens with zero attached hydrogens (tertiary/aromatic N) is 2. The van der Waals surface area contributed by atoms with Crippen LogP contribution in [-0.2, 0) is 16.0 Å². The molecular weight excluding hydrogens is 306 g/mol. The van der Waals surface area contributed by atoms with Crippen molar-refractivity contribution in [3.8, 4) is 5.75 Å². The highest BCUT2D eigenvalue weighted by Crippen LogP contribution is 2.16. The first kappa shape index (κ1) is 18.3. The maximum atomic E-state index is 13.0. The van der Waals surface area contributed by atoms with E-state index >= 15 is 0 Å². The molecule has 1 N–H and O–H groups in total. The van der Waals surface area contributed by atoms with Crippen molar-refractivity contribution in [2.75, 3.05) is 33.8 Å². The van der Waals surface area contributed by atoms with E-state index < -0.39 is 6.04 Å². The number of likely N-dealkylation sites (N-methyl/N-ethyl adjacent to an activating group) is 1. The first-order chi connectivity index (χ1) is 11.4. The largest absolute Gasteiger partial charge is 0.497 e. The van der Waals surface area contributed by atoms with Crippen molar-refractivity contribution in [3.63, 3.8) is 0 Å². The smallest absolute Gasteiger partial charge is 0.245 e. The molecule has 132 valence electrons. The van der Waals surface area contributed by atoms with E-state index in [9.17, 15) is 9.59 Å². The summed E-state index contributed by atoms with van der Waals surface area (Å²) < 4.78 is 5.23. The summed E-state index contributed by atoms with van der Waals surface area (Å²) in [6, 6.07) is 7.18. The average Bonchev–Trinajstić information content (AvgIpc) is 2.53. The molecule has 1 heterocycles. The minimum absolute atomic E-state index is 0.0198. The number of methoxy groups -OCH3 is 1. The van der Waals surface area contributed by atoms with Crippen molar-refractivity contribution in [2.45, 2.75) is 32.4 Å². The first-order valence-corrected chi connectivity index (χ1v) is 8.29. The molecule has 6 nitrogen and oxygen atoms in total. The molecule has 1 aromatic carbocycles. The van der Waals surface area contributed by atoms with Crippen molar-refractivity contribution in [3.05, 3.63) is 29.8 Å². The molecule has 1 aromatic rings. The second-order valence-corrected chi connectivity index (χ2v) is 6.45. The molecule has 1 saturated heterocycles. The zero-order valence-corrected chi connectivity index (χ0v) is 14.9. The van der Waals surface area contributed by atoms with Gasteiger partial charge in [0.15, 0.2) is 0 Å². The molecule has 0 bridgehead atoms. The number of hydrogen-bond donors (Lipinski definition) is 1. The summed E-state index contributed by atoms with van der Waals surface area (Å²) in [7, 11) is 3.67. The first-order valence-electron chi connectivity index (χ1n) is 8.29. The Hall–Kier alpha value is -2.08. The molecule has 0 aliphatic carbocycles. The minimum Gasteiger partial charge on any atom is -0.497 e. The lowest BCUT2D eigenvalue weighted by Crippen LogP contribution is -2.58. The molecule has 2 rings (SSSR count). The maximum Gasteiger partial charge on any atom is 0.245 e. The number of benzene rings is 1. The van der Waals surface area contributed by atoms with Crippen LogP contribution in [0.25, 0.3) is 0 Å². The molecule has 0 aromatic heterocycles. The third-order valence-electron chi connectivity index (χ3n) is 4.36. The lowest BCUT2D eigenvalue weighted by Gasteiger charge is -2.40. The zero-order chi connectivity index (χ0) is 17.7. The Balaban J connectivity index is 2.14. The third kappa shape index (κ3) is 4.71. The van der Waals surface area contributed by atoms with Gasteiger partial charge in [0.2, 0.25) is 11.8 Å². The van der Waals surface area contributed by atoms with Gasteiger partial charge in [-0.3, -0.25) is 9.59 Å². The van der Waals surface area contributed by atoms with E-state index in [0.717, 1.165) is 24.4 Å². The number of ether oxygens (including phenoxy) is 1. The van der Waals surface area contributed by atoms with Crippen LogP contribution in [-0.4, -0.2) is 67.5 Å². The molecule has 24 heavy (non-hydrogen) atoms. The quantitative estimate of drug-likeness (QED) is 0.870. The van der Waals surface area contributed by atoms with Crippen molar-refractivity contribution in [1.82, 2.24) is 15.1 Å². The summed E-state index contributed by atoms with van der Waals surface area (Å²) in [5.74, 6) is 0.529. The van der Waals surface area contributed by atoms with E-state index in [1.807, 2.05) is 36.1 Å². The highest BCUT2D eigenvalue weighted by molar-refractivity contribution is 5.87. The topological polar surface area (TPSA) is 61.9 Å². The predicted molar refractivity (Wildman–Crippen MR) is 93.0 cm³/mol. The van der Waals surface area contributed by atoms with Crippen molar-refractivity contribution in [2.24, 2.45) is 0 Å². The molecule has 1 aliphatic rings. The normalized spacial score (nSPS) is 19.7. The van der Waals surface area contributed by atoms with E-state index in [0.29, 0.717) is 13.0 Å². The molecule has 1 aliphatic heterocycles. The maximum absolute atomic E-state index is 13.0. The molecule has 2 unspecified atom stereocenters. The zero-order valence-electron chi connectivity index (χ0n) is 14.9. The van der Waals surface area contributed by atoms with Crippen LogP contribution in [0.3, 0.4) is 0 Å². The van der Waals surface area contributed by atoms with E-state index in [1.54, 1.807) is 7.11 Å². The van der Waals surface area contributed by atoms with E-state index in [-0.39, 0.29) is 17.9 Å². The highest BCUT2D eigenvalue weighted by atomic mass is 16.5. The van der Waals surface area contributed by atoms with Crippen molar-refractivity contribution >= 4 is 11.8 Å². The second-order valence-electron chi connectivity index (χ2n) is 6.45. The van der Waals surface area contributed by atoms with E-state index in [2.05, 4.69) is 17.3 Å². The molecule has 6 heteroatoms. The molecule has 2 atom stereocenters. The molecule has 1 fully saturated rings. The van der Waals surface area contributed by atoms with Crippen LogP contribution in [0.15, 0.2) is 24.3 Å². The SMILES string of the molecule is COc1cccc(CC(NC(C)=O)C(=O)N2CCN(C)CC2C)c1. The number of hydrogen-bond acceptors (Lipinski definition) is 4. The van der Waals surface area contributed by atoms with Crippen LogP contribution in [0.1, 0.15) is 19.4 Å². The lowest BCUT2D eigenvalue weighted by atomic mass is 10.0. The van der Waals surface area contributed by atoms with Gasteiger partial charge in [-0.25, -0.2) is 0 Å². The Bertz CT molecular complexity index is 591. The fraction of sp³-hybridized carbons (Fsp3) is 0.556. The highest BCUT2D eigenvalue weighted by Gasteiger charge is 2.31. The van der Waals surface area contributed by atoms with Gasteiger partial charge in [-0.05, 0) is 31.7 Å². The van der Waals surface area contributed by atoms with Gasteiger partial charge in [0.05, 0.1) is 7.11 Å². The van der Waals surface area contributed by atoms with Gasteiger partial charge in [0.25, 0.3) is 0 Å². The number of nitrogens with one attached hydrogen (secondary N) is 1. The Kier molecular flexibility index (Phi) is 6.20. The van der Waals surface area contributed by atoms with Crippen LogP contribution >= 0.6 is 0 Å². The summed E-state index contributed by atoms with van der Waals surface area (Å²) in [5, 5.41) is 2.81. The summed E-state index contributed by atoms with van der Waals surface area (Å²) in [5.41, 5.74) is 0.961. The number of amides is 2. The van der Waals surface area contributed by atoms with Gasteiger partial charge in [0, 0.05) is 39.0 Å². The fourth-order valence-corrected chi connectivity index (χ4v) is 3.15. The standard InChI is InChI=1S/C18H27N3O3/c1-13-12-20(3)8-9-21(13)18(23)17(19-14(2)22)11-15-6-5-7-16(10-15)24-4/h5-7,10,13,17H,8-9,11-12H2,1-4H3,(H,19,22). The molecule has 0 saturated carbocycles. The van der Waals surface area contributed by atoms with Crippen LogP contribution in [0.4, 0.5) is 0 Å². The Labute approximate surface area is 143 Å². The van der Waals surface area contributed by atoms with E-state index in [4.69, 9.17) is 4.74 Å². The summed E-state index contributed by atoms with van der Waals surface area (Å²) in [4.78, 5) is 28.6. The van der Waals surface area contributed by atoms with Gasteiger partial charge in [-0.2, -0.15) is 0 Å². The number of carbonyl (C=O) groups excluding carboxylic acids is 2. The number of carbonyl (C=O) groups is 2. The molecule has 2 amide bonds. The Morgan fingerprint density at radius 3 is 2.75 bits per heavy atom. The summed E-state index contributed by atoms with van der Waals surface area (Å²) >= 11 is 0. The van der Waals surface area contributed by atoms with Gasteiger partial charge >= 0.3 is 0 Å². The second kappa shape index (κ2) is 8.15. The van der Waals surface area contributed by atoms with E-state index in [1.165, 1.54) is 6.92 Å². The fourth-order valence-electron chi connectivity index (χ4n) is 3.15. The average molecular weight is 333 g/mol. The number of rotatable bonds is 5. The predicted octanol–water partition coefficient (Wildman–Crippen LogP) is 0.905. The van der Waals surface area contributed by atoms with Crippen LogP contribution in [0.2, 0.25) is 0 Å². The number of piperazine rings is 1. The Morgan fingerprint density at radius 1 is 1.38 bits per heavy atom. The van der Waals surface area contributed by atoms with Gasteiger partial charge in [0.1, 0.15) is 11.8 Å². The minimum atomic E-state index is -0.555. The third-order valence-corrected chi connectivity index (χ3v) is 4.36. The summed E-state index contributed by atoms with van der Waals surface area (Å²) in [6.07, 6.45) is 0.453.